The van der Waals surface area contributed by atoms with Gasteiger partial charge in [-0.25, -0.2) is 0 Å². The molecule has 0 spiro atoms. The van der Waals surface area contributed by atoms with E-state index >= 15 is 0 Å². The summed E-state index contributed by atoms with van der Waals surface area (Å²) in [7, 11) is 0. The molecule has 3 nitrogen and oxygen atoms in total. The Morgan fingerprint density at radius 2 is 1.90 bits per heavy atom. The highest BCUT2D eigenvalue weighted by Gasteiger charge is 2.07. The zero-order chi connectivity index (χ0) is 7.33. The van der Waals surface area contributed by atoms with Crippen LogP contribution in [-0.4, -0.2) is 6.54 Å². The lowest BCUT2D eigenvalue weighted by atomic mass is 9.93. The molecule has 0 aliphatic carbocycles. The second-order valence-electron chi connectivity index (χ2n) is 3.27. The summed E-state index contributed by atoms with van der Waals surface area (Å²) in [6.07, 6.45) is 0.955. The Balaban J connectivity index is 0. The molecule has 0 N–H and O–H groups in total. The summed E-state index contributed by atoms with van der Waals surface area (Å²) < 4.78 is 0. The average Bonchev–Trinajstić information content (AvgIpc) is 1.63. The highest BCUT2D eigenvalue weighted by molar-refractivity contribution is 4.62. The molecular formula is C7H17N3. The highest BCUT2D eigenvalue weighted by Crippen LogP contribution is 2.17. The molecule has 0 radical (unpaired) electrons. The van der Waals surface area contributed by atoms with E-state index in [-0.39, 0.29) is 12.8 Å². The van der Waals surface area contributed by atoms with Crippen molar-refractivity contribution in [2.75, 3.05) is 6.54 Å². The fraction of sp³-hybridized carbons (Fsp3) is 1.00. The third-order valence-corrected chi connectivity index (χ3v) is 1.03. The van der Waals surface area contributed by atoms with Gasteiger partial charge in [-0.05, 0) is 17.4 Å². The van der Waals surface area contributed by atoms with Crippen LogP contribution >= 0.6 is 0 Å². The van der Waals surface area contributed by atoms with Gasteiger partial charge in [0.25, 0.3) is 0 Å². The van der Waals surface area contributed by atoms with Gasteiger partial charge >= 0.3 is 0 Å². The lowest BCUT2D eigenvalue weighted by Gasteiger charge is -2.15. The van der Waals surface area contributed by atoms with Crippen LogP contribution in [0.25, 0.3) is 10.4 Å². The third kappa shape index (κ3) is 10.3. The molecule has 3 heteroatoms. The van der Waals surface area contributed by atoms with Crippen LogP contribution < -0.4 is 0 Å². The summed E-state index contributed by atoms with van der Waals surface area (Å²) in [6.45, 7) is 6.99. The van der Waals surface area contributed by atoms with Crippen molar-refractivity contribution in [3.05, 3.63) is 10.4 Å². The van der Waals surface area contributed by atoms with Crippen LogP contribution in [0.3, 0.4) is 0 Å². The largest absolute Gasteiger partial charge is 0.0940 e. The lowest BCUT2D eigenvalue weighted by molar-refractivity contribution is 0.384. The van der Waals surface area contributed by atoms with Crippen LogP contribution in [-0.2, 0) is 0 Å². The number of nitrogens with zero attached hydrogens (tertiary/aromatic N) is 3. The van der Waals surface area contributed by atoms with Gasteiger partial charge in [0.2, 0.25) is 0 Å². The molecule has 0 fully saturated rings. The maximum Gasteiger partial charge on any atom is 0.0262 e. The van der Waals surface area contributed by atoms with Crippen LogP contribution in [0.1, 0.15) is 34.6 Å². The van der Waals surface area contributed by atoms with Crippen molar-refractivity contribution in [2.45, 2.75) is 34.6 Å². The second kappa shape index (κ2) is 5.12. The quantitative estimate of drug-likeness (QED) is 0.323. The van der Waals surface area contributed by atoms with Gasteiger partial charge in [0.1, 0.15) is 0 Å². The fourth-order valence-electron chi connectivity index (χ4n) is 0.430. The zero-order valence-electron chi connectivity index (χ0n) is 6.26. The number of hydrogen-bond acceptors (Lipinski definition) is 1. The second-order valence-corrected chi connectivity index (χ2v) is 3.27. The molecule has 10 heavy (non-hydrogen) atoms. The molecule has 0 atom stereocenters. The molecule has 0 saturated carbocycles. The molecule has 0 rings (SSSR count). The zero-order valence-corrected chi connectivity index (χ0v) is 6.26. The molecule has 0 aromatic rings. The van der Waals surface area contributed by atoms with E-state index in [4.69, 9.17) is 5.53 Å². The van der Waals surface area contributed by atoms with Crippen LogP contribution in [0.5, 0.6) is 0 Å². The van der Waals surface area contributed by atoms with Crippen molar-refractivity contribution in [3.8, 4) is 0 Å². The Bertz CT molecular complexity index is 117. The van der Waals surface area contributed by atoms with Gasteiger partial charge in [-0.15, -0.1) is 0 Å². The Morgan fingerprint density at radius 3 is 2.20 bits per heavy atom. The molecular weight excluding hydrogens is 126 g/mol. The van der Waals surface area contributed by atoms with E-state index in [1.807, 2.05) is 0 Å². The highest BCUT2D eigenvalue weighted by atomic mass is 15.1. The summed E-state index contributed by atoms with van der Waals surface area (Å²) in [4.78, 5) is 2.66. The summed E-state index contributed by atoms with van der Waals surface area (Å²) in [5.74, 6) is 0. The van der Waals surface area contributed by atoms with Crippen molar-refractivity contribution in [1.82, 2.24) is 0 Å². The SMILES string of the molecule is C.CC(C)(C)CCN=[N+]=[N-]. The van der Waals surface area contributed by atoms with Gasteiger partial charge in [-0.3, -0.25) is 0 Å². The topological polar surface area (TPSA) is 48.8 Å². The first-order chi connectivity index (χ1) is 4.06. The standard InChI is InChI=1S/C6H13N3.CH4/c1-6(2,3)4-5-8-9-7;/h4-5H2,1-3H3;1H4. The molecule has 60 valence electrons. The Hall–Kier alpha value is -0.690. The maximum absolute atomic E-state index is 7.92. The summed E-state index contributed by atoms with van der Waals surface area (Å²) in [5.41, 5.74) is 8.21. The first-order valence-corrected chi connectivity index (χ1v) is 3.07. The Morgan fingerprint density at radius 1 is 1.40 bits per heavy atom. The molecule has 0 saturated heterocycles. The van der Waals surface area contributed by atoms with Crippen LogP contribution in [0.2, 0.25) is 0 Å². The maximum atomic E-state index is 7.92. The first-order valence-electron chi connectivity index (χ1n) is 3.07. The van der Waals surface area contributed by atoms with E-state index in [1.165, 1.54) is 0 Å². The van der Waals surface area contributed by atoms with E-state index in [1.54, 1.807) is 0 Å². The Labute approximate surface area is 63.1 Å². The molecule has 0 aliphatic heterocycles. The van der Waals surface area contributed by atoms with Crippen LogP contribution in [0.15, 0.2) is 5.11 Å². The molecule has 0 unspecified atom stereocenters. The van der Waals surface area contributed by atoms with Gasteiger partial charge < -0.3 is 0 Å². The number of hydrogen-bond donors (Lipinski definition) is 0. The van der Waals surface area contributed by atoms with Gasteiger partial charge in [-0.2, -0.15) is 0 Å². The summed E-state index contributed by atoms with van der Waals surface area (Å²) >= 11 is 0. The van der Waals surface area contributed by atoms with Crippen molar-refractivity contribution < 1.29 is 0 Å². The van der Waals surface area contributed by atoms with E-state index in [0.29, 0.717) is 6.54 Å². The molecule has 0 aromatic heterocycles. The predicted molar refractivity (Wildman–Crippen MR) is 44.8 cm³/mol. The van der Waals surface area contributed by atoms with Crippen molar-refractivity contribution in [1.29, 1.82) is 0 Å². The van der Waals surface area contributed by atoms with Crippen molar-refractivity contribution >= 4 is 0 Å². The van der Waals surface area contributed by atoms with E-state index < -0.39 is 0 Å². The smallest absolute Gasteiger partial charge is 0.0262 e. The molecule has 0 bridgehead atoms. The van der Waals surface area contributed by atoms with Crippen LogP contribution in [0.4, 0.5) is 0 Å². The van der Waals surface area contributed by atoms with Crippen LogP contribution in [0, 0.1) is 5.41 Å². The minimum Gasteiger partial charge on any atom is -0.0940 e. The van der Waals surface area contributed by atoms with Gasteiger partial charge in [0.15, 0.2) is 0 Å². The van der Waals surface area contributed by atoms with Gasteiger partial charge in [-0.1, -0.05) is 33.3 Å². The number of rotatable bonds is 2. The monoisotopic (exact) mass is 143 g/mol. The first kappa shape index (κ1) is 12.0. The summed E-state index contributed by atoms with van der Waals surface area (Å²) in [6, 6.07) is 0. The average molecular weight is 143 g/mol. The van der Waals surface area contributed by atoms with Gasteiger partial charge in [0, 0.05) is 11.5 Å². The molecule has 0 amide bonds. The van der Waals surface area contributed by atoms with E-state index in [9.17, 15) is 0 Å². The van der Waals surface area contributed by atoms with Crippen molar-refractivity contribution in [2.24, 2.45) is 10.5 Å². The third-order valence-electron chi connectivity index (χ3n) is 1.03. The fourth-order valence-corrected chi connectivity index (χ4v) is 0.430. The molecule has 0 aromatic carbocycles. The molecule has 0 aliphatic rings. The summed E-state index contributed by atoms with van der Waals surface area (Å²) in [5, 5.41) is 3.44. The van der Waals surface area contributed by atoms with E-state index in [0.717, 1.165) is 6.42 Å². The van der Waals surface area contributed by atoms with Crippen molar-refractivity contribution in [3.63, 3.8) is 0 Å². The predicted octanol–water partition coefficient (Wildman–Crippen LogP) is 3.37. The van der Waals surface area contributed by atoms with Gasteiger partial charge in [0.05, 0.1) is 0 Å². The Kier molecular flexibility index (Phi) is 6.16. The lowest BCUT2D eigenvalue weighted by Crippen LogP contribution is -2.05. The molecule has 0 heterocycles. The number of azide groups is 1. The minimum absolute atomic E-state index is 0. The normalized spacial score (nSPS) is 9.50. The van der Waals surface area contributed by atoms with E-state index in [2.05, 4.69) is 30.8 Å². The minimum atomic E-state index is 0.